The molecule has 0 aliphatic carbocycles. The van der Waals surface area contributed by atoms with Crippen molar-refractivity contribution in [1.29, 1.82) is 10.5 Å². The number of para-hydroxylation sites is 2. The second-order valence-corrected chi connectivity index (χ2v) is 12.5. The molecule has 0 atom stereocenters. The van der Waals surface area contributed by atoms with Crippen LogP contribution in [0.5, 0.6) is 0 Å². The number of hydrogen-bond acceptors (Lipinski definition) is 3. The summed E-state index contributed by atoms with van der Waals surface area (Å²) in [6, 6.07) is 48.7. The fraction of sp³-hybridized carbons (Fsp3) is 0. The van der Waals surface area contributed by atoms with Crippen LogP contribution in [-0.2, 0) is 0 Å². The van der Waals surface area contributed by atoms with E-state index in [2.05, 4.69) is 126 Å². The second-order valence-electron chi connectivity index (χ2n) is 8.81. The van der Waals surface area contributed by atoms with Crippen molar-refractivity contribution in [2.24, 2.45) is 0 Å². The maximum atomic E-state index is 10.0. The van der Waals surface area contributed by atoms with Gasteiger partial charge in [0.05, 0.1) is 22.9 Å². The van der Waals surface area contributed by atoms with E-state index in [9.17, 15) is 10.5 Å². The van der Waals surface area contributed by atoms with E-state index in [1.165, 1.54) is 20.7 Å². The summed E-state index contributed by atoms with van der Waals surface area (Å²) >= 11 is 0. The summed E-state index contributed by atoms with van der Waals surface area (Å²) in [4.78, 5) is 2.20. The molecule has 1 aliphatic heterocycles. The number of fused-ring (bicyclic) bond motifs is 2. The number of anilines is 3. The number of benzene rings is 5. The molecule has 0 radical (unpaired) electrons. The monoisotopic (exact) mass is 475 g/mol. The van der Waals surface area contributed by atoms with E-state index >= 15 is 0 Å². The van der Waals surface area contributed by atoms with E-state index < -0.39 is 8.07 Å². The quantitative estimate of drug-likeness (QED) is 0.352. The van der Waals surface area contributed by atoms with Gasteiger partial charge in [-0.1, -0.05) is 97.1 Å². The predicted octanol–water partition coefficient (Wildman–Crippen LogP) is 4.59. The van der Waals surface area contributed by atoms with E-state index in [1.807, 2.05) is 6.07 Å². The highest BCUT2D eigenvalue weighted by Gasteiger charge is 2.48. The predicted molar refractivity (Wildman–Crippen MR) is 148 cm³/mol. The molecule has 0 N–H and O–H groups in total. The third kappa shape index (κ3) is 3.10. The van der Waals surface area contributed by atoms with E-state index in [-0.39, 0.29) is 0 Å². The van der Waals surface area contributed by atoms with Gasteiger partial charge in [0, 0.05) is 11.4 Å². The summed E-state index contributed by atoms with van der Waals surface area (Å²) in [7, 11) is -2.67. The third-order valence-corrected chi connectivity index (χ3v) is 11.9. The Morgan fingerprint density at radius 1 is 0.500 bits per heavy atom. The van der Waals surface area contributed by atoms with Crippen LogP contribution in [0, 0.1) is 22.7 Å². The molecule has 1 heterocycles. The van der Waals surface area contributed by atoms with Crippen LogP contribution in [0.15, 0.2) is 127 Å². The summed E-state index contributed by atoms with van der Waals surface area (Å²) in [5.41, 5.74) is 3.87. The van der Waals surface area contributed by atoms with Crippen molar-refractivity contribution < 1.29 is 0 Å². The van der Waals surface area contributed by atoms with Crippen LogP contribution in [0.2, 0.25) is 0 Å². The summed E-state index contributed by atoms with van der Waals surface area (Å²) in [5, 5.41) is 24.7. The molecule has 0 unspecified atom stereocenters. The maximum Gasteiger partial charge on any atom is 0.184 e. The van der Waals surface area contributed by atoms with Crippen molar-refractivity contribution in [2.45, 2.75) is 0 Å². The minimum absolute atomic E-state index is 0.478. The van der Waals surface area contributed by atoms with Crippen LogP contribution >= 0.6 is 0 Å². The average Bonchev–Trinajstić information content (AvgIpc) is 2.96. The Labute approximate surface area is 211 Å². The summed E-state index contributed by atoms with van der Waals surface area (Å²) in [5.74, 6) is 0. The van der Waals surface area contributed by atoms with Gasteiger partial charge in [-0.3, -0.25) is 0 Å². The first kappa shape index (κ1) is 21.6. The minimum atomic E-state index is -2.67. The Morgan fingerprint density at radius 2 is 1.00 bits per heavy atom. The molecule has 5 aromatic carbocycles. The van der Waals surface area contributed by atoms with Crippen molar-refractivity contribution in [3.05, 3.63) is 139 Å². The molecule has 0 fully saturated rings. The molecule has 0 bridgehead atoms. The zero-order valence-corrected chi connectivity index (χ0v) is 20.5. The van der Waals surface area contributed by atoms with Crippen LogP contribution in [0.4, 0.5) is 17.1 Å². The summed E-state index contributed by atoms with van der Waals surface area (Å²) < 4.78 is 0. The van der Waals surface area contributed by atoms with Gasteiger partial charge in [0.15, 0.2) is 8.07 Å². The normalized spacial score (nSPS) is 13.1. The Balaban J connectivity index is 1.76. The summed E-state index contributed by atoms with van der Waals surface area (Å²) in [6.45, 7) is 0. The number of hydrogen-bond donors (Lipinski definition) is 0. The highest BCUT2D eigenvalue weighted by Crippen LogP contribution is 2.39. The molecule has 5 aromatic rings. The zero-order chi connectivity index (χ0) is 24.5. The van der Waals surface area contributed by atoms with Crippen molar-refractivity contribution in [3.8, 4) is 12.1 Å². The molecule has 6 rings (SSSR count). The fourth-order valence-corrected chi connectivity index (χ4v) is 10.7. The van der Waals surface area contributed by atoms with Gasteiger partial charge < -0.3 is 4.90 Å². The molecule has 0 saturated heterocycles. The molecular weight excluding hydrogens is 454 g/mol. The Kier molecular flexibility index (Phi) is 5.23. The van der Waals surface area contributed by atoms with Gasteiger partial charge in [0.2, 0.25) is 0 Å². The van der Waals surface area contributed by atoms with Crippen LogP contribution in [-0.4, -0.2) is 8.07 Å². The standard InChI is InChI=1S/C32H21N3Si/c33-22-24-19-20-28(25(21-24)23-34)35-29-15-7-9-17-31(29)36(26-11-3-1-4-12-26,27-13-5-2-6-14-27)32-18-10-8-16-30(32)35/h1-21H. The molecule has 3 nitrogen and oxygen atoms in total. The largest absolute Gasteiger partial charge is 0.309 e. The molecule has 0 aromatic heterocycles. The third-order valence-electron chi connectivity index (χ3n) is 7.00. The fourth-order valence-electron chi connectivity index (χ4n) is 5.56. The van der Waals surface area contributed by atoms with Crippen molar-refractivity contribution in [2.75, 3.05) is 4.90 Å². The molecule has 1 aliphatic rings. The maximum absolute atomic E-state index is 10.0. The topological polar surface area (TPSA) is 50.8 Å². The molecule has 4 heteroatoms. The Morgan fingerprint density at radius 3 is 1.50 bits per heavy atom. The smallest absolute Gasteiger partial charge is 0.184 e. The zero-order valence-electron chi connectivity index (χ0n) is 19.5. The van der Waals surface area contributed by atoms with Gasteiger partial charge in [0.1, 0.15) is 6.07 Å². The van der Waals surface area contributed by atoms with Gasteiger partial charge in [-0.05, 0) is 51.1 Å². The second kappa shape index (κ2) is 8.71. The number of nitriles is 2. The minimum Gasteiger partial charge on any atom is -0.309 e. The van der Waals surface area contributed by atoms with E-state index in [4.69, 9.17) is 0 Å². The Hall–Kier alpha value is -4.90. The lowest BCUT2D eigenvalue weighted by molar-refractivity contribution is 1.27. The molecule has 0 spiro atoms. The van der Waals surface area contributed by atoms with E-state index in [1.54, 1.807) is 12.1 Å². The lowest BCUT2D eigenvalue weighted by Crippen LogP contribution is -2.77. The van der Waals surface area contributed by atoms with Crippen LogP contribution in [0.1, 0.15) is 11.1 Å². The SMILES string of the molecule is N#Cc1ccc(N2c3ccccc3[Si](c3ccccc3)(c3ccccc3)c3ccccc32)c(C#N)c1. The van der Waals surface area contributed by atoms with Crippen LogP contribution in [0.3, 0.4) is 0 Å². The first-order chi connectivity index (χ1) is 17.8. The Bertz CT molecular complexity index is 1570. The average molecular weight is 476 g/mol. The lowest BCUT2D eigenvalue weighted by Gasteiger charge is -2.45. The lowest BCUT2D eigenvalue weighted by atomic mass is 10.1. The van der Waals surface area contributed by atoms with E-state index in [0.29, 0.717) is 11.1 Å². The van der Waals surface area contributed by atoms with E-state index in [0.717, 1.165) is 17.1 Å². The molecule has 0 saturated carbocycles. The van der Waals surface area contributed by atoms with Crippen molar-refractivity contribution >= 4 is 45.9 Å². The van der Waals surface area contributed by atoms with Crippen molar-refractivity contribution in [3.63, 3.8) is 0 Å². The molecule has 36 heavy (non-hydrogen) atoms. The van der Waals surface area contributed by atoms with Crippen LogP contribution < -0.4 is 25.6 Å². The highest BCUT2D eigenvalue weighted by molar-refractivity contribution is 7.21. The van der Waals surface area contributed by atoms with Crippen LogP contribution in [0.25, 0.3) is 0 Å². The van der Waals surface area contributed by atoms with Gasteiger partial charge in [-0.25, -0.2) is 0 Å². The van der Waals surface area contributed by atoms with Crippen molar-refractivity contribution in [1.82, 2.24) is 0 Å². The molecule has 0 amide bonds. The molecule has 168 valence electrons. The van der Waals surface area contributed by atoms with Gasteiger partial charge in [-0.2, -0.15) is 10.5 Å². The first-order valence-electron chi connectivity index (χ1n) is 11.8. The van der Waals surface area contributed by atoms with Gasteiger partial charge >= 0.3 is 0 Å². The van der Waals surface area contributed by atoms with Gasteiger partial charge in [0.25, 0.3) is 0 Å². The first-order valence-corrected chi connectivity index (χ1v) is 13.8. The molecular formula is C32H21N3Si. The highest BCUT2D eigenvalue weighted by atomic mass is 28.3. The number of rotatable bonds is 3. The number of nitrogens with zero attached hydrogens (tertiary/aromatic N) is 3. The van der Waals surface area contributed by atoms with Gasteiger partial charge in [-0.15, -0.1) is 0 Å². The summed E-state index contributed by atoms with van der Waals surface area (Å²) in [6.07, 6.45) is 0.